The second kappa shape index (κ2) is 13.4. The van der Waals surface area contributed by atoms with Crippen LogP contribution in [0, 0.1) is 0 Å². The lowest BCUT2D eigenvalue weighted by Crippen LogP contribution is -2.58. The Balaban J connectivity index is 1.13. The maximum absolute atomic E-state index is 7.33. The third-order valence-electron chi connectivity index (χ3n) is 14.3. The number of furan rings is 3. The molecule has 0 atom stereocenters. The first-order chi connectivity index (χ1) is 33.3. The van der Waals surface area contributed by atoms with Gasteiger partial charge in [-0.05, 0) is 87.2 Å². The summed E-state index contributed by atoms with van der Waals surface area (Å²) in [5.41, 5.74) is 17.1. The Bertz CT molecular complexity index is 4470. The van der Waals surface area contributed by atoms with Crippen LogP contribution in [0.15, 0.2) is 227 Å². The summed E-state index contributed by atoms with van der Waals surface area (Å²) >= 11 is 3.70. The van der Waals surface area contributed by atoms with E-state index in [1.54, 1.807) is 0 Å². The van der Waals surface area contributed by atoms with E-state index in [9.17, 15) is 0 Å². The van der Waals surface area contributed by atoms with Crippen LogP contribution < -0.4 is 16.4 Å². The van der Waals surface area contributed by atoms with Gasteiger partial charge >= 0.3 is 0 Å². The molecule has 0 N–H and O–H groups in total. The van der Waals surface area contributed by atoms with Crippen molar-refractivity contribution in [2.24, 2.45) is 0 Å². The molecule has 0 unspecified atom stereocenters. The number of para-hydroxylation sites is 5. The van der Waals surface area contributed by atoms with E-state index in [0.29, 0.717) is 0 Å². The summed E-state index contributed by atoms with van der Waals surface area (Å²) in [4.78, 5) is 4.70. The average molecular weight is 890 g/mol. The first-order valence-corrected chi connectivity index (χ1v) is 24.3. The molecule has 310 valence electrons. The number of aromatic nitrogens is 1. The zero-order valence-corrected chi connectivity index (χ0v) is 37.2. The number of rotatable bonds is 3. The van der Waals surface area contributed by atoms with Crippen molar-refractivity contribution in [3.05, 3.63) is 194 Å². The predicted octanol–water partition coefficient (Wildman–Crippen LogP) is 15.3. The van der Waals surface area contributed by atoms with Crippen molar-refractivity contribution in [2.45, 2.75) is 19.6 Å². The van der Waals surface area contributed by atoms with Crippen LogP contribution in [0.5, 0.6) is 0 Å². The lowest BCUT2D eigenvalue weighted by Gasteiger charge is -2.34. The smallest absolute Gasteiger partial charge is 0.257 e. The van der Waals surface area contributed by atoms with Gasteiger partial charge in [0.05, 0.1) is 15.9 Å². The minimum Gasteiger partial charge on any atom is -0.457 e. The van der Waals surface area contributed by atoms with Gasteiger partial charge in [-0.3, -0.25) is 0 Å². The highest BCUT2D eigenvalue weighted by molar-refractivity contribution is 8.01. The van der Waals surface area contributed by atoms with E-state index < -0.39 is 0 Å². The number of benzene rings is 10. The van der Waals surface area contributed by atoms with E-state index in [0.717, 1.165) is 92.8 Å². The fourth-order valence-electron chi connectivity index (χ4n) is 11.6. The molecule has 7 heteroatoms. The van der Waals surface area contributed by atoms with E-state index in [1.807, 2.05) is 23.5 Å². The molecule has 2 aliphatic heterocycles. The van der Waals surface area contributed by atoms with Crippen LogP contribution in [0.25, 0.3) is 116 Å². The van der Waals surface area contributed by atoms with Gasteiger partial charge in [-0.1, -0.05) is 169 Å². The summed E-state index contributed by atoms with van der Waals surface area (Å²) in [6.45, 7) is -0.272. The molecule has 14 aromatic rings. The van der Waals surface area contributed by atoms with Crippen molar-refractivity contribution in [1.82, 2.24) is 4.57 Å². The molecule has 0 saturated carbocycles. The molecule has 16 rings (SSSR count). The molecule has 67 heavy (non-hydrogen) atoms. The van der Waals surface area contributed by atoms with Gasteiger partial charge in [-0.2, -0.15) is 0 Å². The van der Waals surface area contributed by atoms with E-state index in [-0.39, 0.29) is 6.71 Å². The van der Waals surface area contributed by atoms with E-state index in [2.05, 4.69) is 199 Å². The standard InChI is InChI=1S/C60H32BNO3S2/c1-3-17-33(18-4-1)36-21-7-8-22-37(36)34-31-46-52-47(32-34)67-60-54(57-50(40-25-11-15-29-44(40)64-57)51-41-26-12-16-30-45(41)65-58(51)60)61(52)53-56-49(39-24-10-14-28-43(39)63-56)48-38-23-9-13-27-42(38)62(55(48)59(53)66-46)35-19-5-2-6-20-35/h1-32H. The van der Waals surface area contributed by atoms with Gasteiger partial charge in [0.2, 0.25) is 0 Å². The molecule has 6 heterocycles. The maximum atomic E-state index is 7.33. The lowest BCUT2D eigenvalue weighted by atomic mass is 9.35. The molecule has 2 aliphatic rings. The van der Waals surface area contributed by atoms with Crippen LogP contribution in [-0.2, 0) is 0 Å². The van der Waals surface area contributed by atoms with Gasteiger partial charge in [0.25, 0.3) is 6.71 Å². The van der Waals surface area contributed by atoms with E-state index in [1.165, 1.54) is 58.7 Å². The summed E-state index contributed by atoms with van der Waals surface area (Å²) in [7, 11) is 0. The third-order valence-corrected chi connectivity index (χ3v) is 16.6. The molecule has 0 radical (unpaired) electrons. The summed E-state index contributed by atoms with van der Waals surface area (Å²) in [5, 5.41) is 9.00. The first-order valence-electron chi connectivity index (χ1n) is 22.7. The summed E-state index contributed by atoms with van der Waals surface area (Å²) in [6.07, 6.45) is 0. The average Bonchev–Trinajstić information content (AvgIpc) is 4.16. The van der Waals surface area contributed by atoms with Gasteiger partial charge in [-0.25, -0.2) is 0 Å². The van der Waals surface area contributed by atoms with Crippen LogP contribution in [0.3, 0.4) is 0 Å². The highest BCUT2D eigenvalue weighted by Crippen LogP contribution is 2.53. The number of fused-ring (bicyclic) bond motifs is 22. The lowest BCUT2D eigenvalue weighted by molar-refractivity contribution is 0.657. The van der Waals surface area contributed by atoms with Gasteiger partial charge < -0.3 is 17.8 Å². The van der Waals surface area contributed by atoms with Crippen molar-refractivity contribution in [3.8, 4) is 27.9 Å². The molecule has 0 amide bonds. The number of hydrogen-bond donors (Lipinski definition) is 0. The first kappa shape index (κ1) is 36.4. The SMILES string of the molecule is c1ccc(-c2ccccc2-c2cc3c4c(c2)Sc2c(c5oc6ccccc6c5c5c6ccccc6n(-c6ccccc6)c25)B4c2c(c4oc5ccccc5c4c4c2oc2ccccc24)S3)cc1. The second-order valence-electron chi connectivity index (χ2n) is 17.7. The molecular formula is C60H32BNO3S2. The molecule has 10 aromatic carbocycles. The molecular weight excluding hydrogens is 858 g/mol. The van der Waals surface area contributed by atoms with Crippen molar-refractivity contribution in [3.63, 3.8) is 0 Å². The predicted molar refractivity (Wildman–Crippen MR) is 279 cm³/mol. The van der Waals surface area contributed by atoms with Crippen LogP contribution in [0.2, 0.25) is 0 Å². The summed E-state index contributed by atoms with van der Waals surface area (Å²) in [5.74, 6) is 0. The zero-order chi connectivity index (χ0) is 43.5. The fourth-order valence-corrected chi connectivity index (χ4v) is 14.3. The minimum atomic E-state index is -0.272. The monoisotopic (exact) mass is 889 g/mol. The summed E-state index contributed by atoms with van der Waals surface area (Å²) in [6, 6.07) is 69.7. The quantitative estimate of drug-likeness (QED) is 0.165. The van der Waals surface area contributed by atoms with Gasteiger partial charge in [-0.15, -0.1) is 0 Å². The fraction of sp³-hybridized carbons (Fsp3) is 0. The number of hydrogen-bond acceptors (Lipinski definition) is 5. The van der Waals surface area contributed by atoms with Gasteiger partial charge in [0.15, 0.2) is 0 Å². The Morgan fingerprint density at radius 3 is 1.48 bits per heavy atom. The Hall–Kier alpha value is -7.84. The van der Waals surface area contributed by atoms with Gasteiger partial charge in [0.1, 0.15) is 33.5 Å². The molecule has 0 spiro atoms. The molecule has 0 bridgehead atoms. The molecule has 4 aromatic heterocycles. The van der Waals surface area contributed by atoms with Crippen LogP contribution in [0.4, 0.5) is 0 Å². The minimum absolute atomic E-state index is 0.272. The normalized spacial score (nSPS) is 13.2. The zero-order valence-electron chi connectivity index (χ0n) is 35.5. The third kappa shape index (κ3) is 4.82. The Labute approximate surface area is 391 Å². The maximum Gasteiger partial charge on any atom is 0.257 e. The number of nitrogens with zero attached hydrogens (tertiary/aromatic N) is 1. The highest BCUT2D eigenvalue weighted by atomic mass is 32.2. The van der Waals surface area contributed by atoms with Crippen LogP contribution in [-0.4, -0.2) is 11.3 Å². The molecule has 0 fully saturated rings. The Morgan fingerprint density at radius 2 is 0.836 bits per heavy atom. The van der Waals surface area contributed by atoms with Gasteiger partial charge in [0, 0.05) is 63.5 Å². The highest BCUT2D eigenvalue weighted by Gasteiger charge is 2.46. The van der Waals surface area contributed by atoms with Crippen LogP contribution in [0.1, 0.15) is 0 Å². The van der Waals surface area contributed by atoms with Crippen molar-refractivity contribution in [1.29, 1.82) is 0 Å². The Morgan fingerprint density at radius 1 is 0.373 bits per heavy atom. The van der Waals surface area contributed by atoms with E-state index in [4.69, 9.17) is 13.3 Å². The largest absolute Gasteiger partial charge is 0.457 e. The van der Waals surface area contributed by atoms with Crippen LogP contribution >= 0.6 is 23.5 Å². The summed E-state index contributed by atoms with van der Waals surface area (Å²) < 4.78 is 24.2. The van der Waals surface area contributed by atoms with Crippen molar-refractivity contribution >= 4 is 134 Å². The van der Waals surface area contributed by atoms with E-state index >= 15 is 0 Å². The molecule has 4 nitrogen and oxygen atoms in total. The molecule has 0 saturated heterocycles. The topological polar surface area (TPSA) is 44.4 Å². The second-order valence-corrected chi connectivity index (χ2v) is 19.8. The van der Waals surface area contributed by atoms with Crippen molar-refractivity contribution < 1.29 is 13.3 Å². The molecule has 0 aliphatic carbocycles. The Kier molecular flexibility index (Phi) is 7.27. The van der Waals surface area contributed by atoms with Crippen molar-refractivity contribution in [2.75, 3.05) is 0 Å².